The van der Waals surface area contributed by atoms with Crippen LogP contribution in [0.3, 0.4) is 0 Å². The molecule has 3 heterocycles. The van der Waals surface area contributed by atoms with E-state index in [2.05, 4.69) is 17.2 Å². The first-order chi connectivity index (χ1) is 12.0. The van der Waals surface area contributed by atoms with Crippen LogP contribution in [0.2, 0.25) is 0 Å². The van der Waals surface area contributed by atoms with Gasteiger partial charge in [-0.2, -0.15) is 4.31 Å². The summed E-state index contributed by atoms with van der Waals surface area (Å²) >= 11 is 0. The number of hydrogen-bond acceptors (Lipinski definition) is 4. The zero-order valence-electron chi connectivity index (χ0n) is 14.6. The summed E-state index contributed by atoms with van der Waals surface area (Å²) in [7, 11) is -3.49. The zero-order valence-corrected chi connectivity index (χ0v) is 15.5. The first-order valence-electron chi connectivity index (χ1n) is 8.99. The Morgan fingerprint density at radius 2 is 1.80 bits per heavy atom. The molecule has 2 aliphatic rings. The van der Waals surface area contributed by atoms with Crippen LogP contribution in [-0.4, -0.2) is 54.8 Å². The highest BCUT2D eigenvalue weighted by Gasteiger charge is 2.26. The summed E-state index contributed by atoms with van der Waals surface area (Å²) in [4.78, 5) is 18.3. The molecule has 7 nitrogen and oxygen atoms in total. The summed E-state index contributed by atoms with van der Waals surface area (Å²) in [5.74, 6) is 1.03. The van der Waals surface area contributed by atoms with Crippen molar-refractivity contribution in [2.24, 2.45) is 5.92 Å². The van der Waals surface area contributed by atoms with E-state index in [0.29, 0.717) is 24.8 Å². The van der Waals surface area contributed by atoms with Crippen LogP contribution in [0.15, 0.2) is 23.2 Å². The van der Waals surface area contributed by atoms with Gasteiger partial charge in [0.05, 0.1) is 0 Å². The van der Waals surface area contributed by atoms with Gasteiger partial charge < -0.3 is 4.90 Å². The predicted octanol–water partition coefficient (Wildman–Crippen LogP) is 2.52. The van der Waals surface area contributed by atoms with E-state index < -0.39 is 10.0 Å². The van der Waals surface area contributed by atoms with Gasteiger partial charge in [-0.1, -0.05) is 13.3 Å². The lowest BCUT2D eigenvalue weighted by Gasteiger charge is -2.30. The number of piperidine rings is 2. The van der Waals surface area contributed by atoms with Gasteiger partial charge in [0.2, 0.25) is 10.0 Å². The fourth-order valence-corrected chi connectivity index (χ4v) is 4.72. The topological polar surface area (TPSA) is 82.6 Å². The number of hydrogen-bond donors (Lipinski definition) is 1. The summed E-state index contributed by atoms with van der Waals surface area (Å²) in [5, 5.41) is 2.75. The number of anilines is 1. The molecule has 0 atom stereocenters. The van der Waals surface area contributed by atoms with Gasteiger partial charge in [0.1, 0.15) is 10.7 Å². The molecule has 2 amide bonds. The number of rotatable bonds is 3. The van der Waals surface area contributed by atoms with Gasteiger partial charge >= 0.3 is 6.03 Å². The van der Waals surface area contributed by atoms with E-state index in [1.165, 1.54) is 16.6 Å². The van der Waals surface area contributed by atoms with E-state index in [-0.39, 0.29) is 10.9 Å². The standard InChI is InChI=1S/C17H26N4O3S/c1-14-7-11-20(12-8-14)17(22)19-16-6-5-15(13-18-16)25(23,24)21-9-3-2-4-10-21/h5-6,13-14H,2-4,7-12H2,1H3,(H,18,19,22). The minimum Gasteiger partial charge on any atom is -0.324 e. The Kier molecular flexibility index (Phi) is 5.58. The molecule has 1 N–H and O–H groups in total. The minimum atomic E-state index is -3.49. The number of urea groups is 1. The number of likely N-dealkylation sites (tertiary alicyclic amines) is 1. The van der Waals surface area contributed by atoms with Gasteiger partial charge in [0.15, 0.2) is 0 Å². The molecule has 0 radical (unpaired) electrons. The van der Waals surface area contributed by atoms with Crippen LogP contribution in [0.4, 0.5) is 10.6 Å². The smallest absolute Gasteiger partial charge is 0.323 e. The van der Waals surface area contributed by atoms with Crippen molar-refractivity contribution in [3.05, 3.63) is 18.3 Å². The average Bonchev–Trinajstić information content (AvgIpc) is 2.63. The number of carbonyl (C=O) groups excluding carboxylic acids is 1. The van der Waals surface area contributed by atoms with Crippen molar-refractivity contribution in [2.75, 3.05) is 31.5 Å². The lowest BCUT2D eigenvalue weighted by Crippen LogP contribution is -2.40. The zero-order chi connectivity index (χ0) is 17.9. The quantitative estimate of drug-likeness (QED) is 0.891. The van der Waals surface area contributed by atoms with Crippen molar-refractivity contribution in [1.82, 2.24) is 14.2 Å². The maximum Gasteiger partial charge on any atom is 0.323 e. The number of aromatic nitrogens is 1. The van der Waals surface area contributed by atoms with Crippen LogP contribution >= 0.6 is 0 Å². The lowest BCUT2D eigenvalue weighted by molar-refractivity contribution is 0.186. The van der Waals surface area contributed by atoms with E-state index in [4.69, 9.17) is 0 Å². The van der Waals surface area contributed by atoms with Crippen molar-refractivity contribution < 1.29 is 13.2 Å². The highest BCUT2D eigenvalue weighted by molar-refractivity contribution is 7.89. The van der Waals surface area contributed by atoms with Gasteiger partial charge in [-0.15, -0.1) is 0 Å². The maximum atomic E-state index is 12.6. The Hall–Kier alpha value is -1.67. The van der Waals surface area contributed by atoms with E-state index in [0.717, 1.165) is 45.2 Å². The second-order valence-corrected chi connectivity index (χ2v) is 8.88. The molecule has 2 fully saturated rings. The van der Waals surface area contributed by atoms with Crippen molar-refractivity contribution in [3.63, 3.8) is 0 Å². The number of amides is 2. The minimum absolute atomic E-state index is 0.175. The van der Waals surface area contributed by atoms with Crippen LogP contribution in [0.1, 0.15) is 39.0 Å². The van der Waals surface area contributed by atoms with E-state index in [1.54, 1.807) is 11.0 Å². The third-order valence-electron chi connectivity index (χ3n) is 4.99. The molecular formula is C17H26N4O3S. The van der Waals surface area contributed by atoms with Crippen LogP contribution in [0.25, 0.3) is 0 Å². The molecule has 138 valence electrons. The van der Waals surface area contributed by atoms with Gasteiger partial charge in [-0.3, -0.25) is 5.32 Å². The Labute approximate surface area is 149 Å². The third-order valence-corrected chi connectivity index (χ3v) is 6.88. The summed E-state index contributed by atoms with van der Waals surface area (Å²) in [6.45, 7) is 4.81. The molecule has 0 bridgehead atoms. The van der Waals surface area contributed by atoms with Gasteiger partial charge in [-0.05, 0) is 43.7 Å². The second-order valence-electron chi connectivity index (χ2n) is 6.94. The third kappa shape index (κ3) is 4.30. The molecular weight excluding hydrogens is 340 g/mol. The SMILES string of the molecule is CC1CCN(C(=O)Nc2ccc(S(=O)(=O)N3CCCCC3)cn2)CC1. The van der Waals surface area contributed by atoms with E-state index in [1.807, 2.05) is 0 Å². The normalized spacial score (nSPS) is 20.4. The summed E-state index contributed by atoms with van der Waals surface area (Å²) in [6, 6.07) is 2.90. The van der Waals surface area contributed by atoms with Crippen LogP contribution < -0.4 is 5.32 Å². The molecule has 0 spiro atoms. The molecule has 1 aromatic rings. The fraction of sp³-hybridized carbons (Fsp3) is 0.647. The number of nitrogens with one attached hydrogen (secondary N) is 1. The average molecular weight is 366 g/mol. The largest absolute Gasteiger partial charge is 0.324 e. The van der Waals surface area contributed by atoms with Gasteiger partial charge in [0, 0.05) is 32.4 Å². The summed E-state index contributed by atoms with van der Waals surface area (Å²) in [5.41, 5.74) is 0. The summed E-state index contributed by atoms with van der Waals surface area (Å²) in [6.07, 6.45) is 6.22. The predicted molar refractivity (Wildman–Crippen MR) is 95.8 cm³/mol. The Morgan fingerprint density at radius 1 is 1.12 bits per heavy atom. The van der Waals surface area contributed by atoms with Gasteiger partial charge in [0.25, 0.3) is 0 Å². The first-order valence-corrected chi connectivity index (χ1v) is 10.4. The molecule has 2 aliphatic heterocycles. The monoisotopic (exact) mass is 366 g/mol. The van der Waals surface area contributed by atoms with Crippen molar-refractivity contribution in [1.29, 1.82) is 0 Å². The Bertz CT molecular complexity index is 691. The molecule has 0 saturated carbocycles. The molecule has 0 aliphatic carbocycles. The molecule has 3 rings (SSSR count). The lowest BCUT2D eigenvalue weighted by atomic mass is 10.00. The second kappa shape index (κ2) is 7.70. The van der Waals surface area contributed by atoms with E-state index in [9.17, 15) is 13.2 Å². The van der Waals surface area contributed by atoms with Crippen molar-refractivity contribution >= 4 is 21.9 Å². The fourth-order valence-electron chi connectivity index (χ4n) is 3.26. The molecule has 0 unspecified atom stereocenters. The van der Waals surface area contributed by atoms with Crippen molar-refractivity contribution in [3.8, 4) is 0 Å². The molecule has 25 heavy (non-hydrogen) atoms. The Morgan fingerprint density at radius 3 is 2.40 bits per heavy atom. The molecule has 2 saturated heterocycles. The van der Waals surface area contributed by atoms with Gasteiger partial charge in [-0.25, -0.2) is 18.2 Å². The maximum absolute atomic E-state index is 12.6. The highest BCUT2D eigenvalue weighted by atomic mass is 32.2. The number of carbonyl (C=O) groups is 1. The first kappa shape index (κ1) is 18.1. The Balaban J connectivity index is 1.63. The number of nitrogens with zero attached hydrogens (tertiary/aromatic N) is 3. The molecule has 0 aromatic carbocycles. The van der Waals surface area contributed by atoms with Crippen LogP contribution in [-0.2, 0) is 10.0 Å². The molecule has 1 aromatic heterocycles. The number of sulfonamides is 1. The van der Waals surface area contributed by atoms with E-state index >= 15 is 0 Å². The highest BCUT2D eigenvalue weighted by Crippen LogP contribution is 2.21. The number of pyridine rings is 1. The molecule has 8 heteroatoms. The van der Waals surface area contributed by atoms with Crippen LogP contribution in [0.5, 0.6) is 0 Å². The van der Waals surface area contributed by atoms with Crippen LogP contribution in [0, 0.1) is 5.92 Å². The summed E-state index contributed by atoms with van der Waals surface area (Å²) < 4.78 is 26.7. The van der Waals surface area contributed by atoms with Crippen molar-refractivity contribution in [2.45, 2.75) is 43.9 Å².